The number of benzene rings is 2. The molecule has 0 bridgehead atoms. The van der Waals surface area contributed by atoms with E-state index in [0.717, 1.165) is 6.07 Å². The third-order valence-corrected chi connectivity index (χ3v) is 5.29. The number of carbonyl (C=O) groups is 1. The van der Waals surface area contributed by atoms with Crippen LogP contribution in [0.1, 0.15) is 15.9 Å². The first-order chi connectivity index (χ1) is 15.7. The first-order valence-electron chi connectivity index (χ1n) is 10.00. The second kappa shape index (κ2) is 8.74. The van der Waals surface area contributed by atoms with E-state index in [0.29, 0.717) is 60.6 Å². The largest absolute Gasteiger partial charge is 0.493 e. The van der Waals surface area contributed by atoms with Crippen LogP contribution in [-0.4, -0.2) is 56.4 Å². The summed E-state index contributed by atoms with van der Waals surface area (Å²) < 4.78 is 56.6. The highest BCUT2D eigenvalue weighted by atomic mass is 19.4. The minimum atomic E-state index is -4.68. The molecule has 8 nitrogen and oxygen atoms in total. The number of halogens is 3. The molecule has 4 rings (SSSR count). The predicted octanol–water partition coefficient (Wildman–Crippen LogP) is 3.27. The Morgan fingerprint density at radius 1 is 1.03 bits per heavy atom. The van der Waals surface area contributed by atoms with Gasteiger partial charge in [0, 0.05) is 35.7 Å². The van der Waals surface area contributed by atoms with E-state index >= 15 is 0 Å². The molecular formula is C22H21F3N4O4. The van der Waals surface area contributed by atoms with Crippen LogP contribution in [0.5, 0.6) is 11.5 Å². The second-order valence-electron chi connectivity index (χ2n) is 7.36. The summed E-state index contributed by atoms with van der Waals surface area (Å²) in [7, 11) is 2.97. The molecule has 0 saturated carbocycles. The van der Waals surface area contributed by atoms with E-state index < -0.39 is 17.6 Å². The zero-order chi connectivity index (χ0) is 23.8. The number of morpholine rings is 1. The topological polar surface area (TPSA) is 99.8 Å². The Balaban J connectivity index is 1.98. The van der Waals surface area contributed by atoms with Gasteiger partial charge in [0.25, 0.3) is 0 Å². The summed E-state index contributed by atoms with van der Waals surface area (Å²) >= 11 is 0. The van der Waals surface area contributed by atoms with Gasteiger partial charge in [-0.3, -0.25) is 4.79 Å². The molecule has 33 heavy (non-hydrogen) atoms. The zero-order valence-corrected chi connectivity index (χ0v) is 17.9. The number of rotatable bonds is 5. The van der Waals surface area contributed by atoms with Gasteiger partial charge < -0.3 is 24.8 Å². The third kappa shape index (κ3) is 4.49. The van der Waals surface area contributed by atoms with E-state index in [9.17, 15) is 18.0 Å². The number of hydrogen-bond acceptors (Lipinski definition) is 7. The van der Waals surface area contributed by atoms with Crippen LogP contribution in [-0.2, 0) is 10.9 Å². The van der Waals surface area contributed by atoms with Gasteiger partial charge in [-0.05, 0) is 24.3 Å². The van der Waals surface area contributed by atoms with E-state index in [4.69, 9.17) is 19.9 Å². The fourth-order valence-corrected chi connectivity index (χ4v) is 3.65. The number of carbonyl (C=O) groups excluding carboxylic acids is 1. The molecule has 1 aliphatic heterocycles. The number of methoxy groups -OCH3 is 2. The third-order valence-electron chi connectivity index (χ3n) is 5.29. The second-order valence-corrected chi connectivity index (χ2v) is 7.36. The van der Waals surface area contributed by atoms with E-state index in [1.54, 1.807) is 12.1 Å². The number of nitrogens with zero attached hydrogens (tertiary/aromatic N) is 3. The average molecular weight is 462 g/mol. The molecule has 0 aliphatic carbocycles. The van der Waals surface area contributed by atoms with Crippen LogP contribution >= 0.6 is 0 Å². The zero-order valence-electron chi connectivity index (χ0n) is 17.9. The summed E-state index contributed by atoms with van der Waals surface area (Å²) in [5, 5.41) is 0.639. The molecule has 174 valence electrons. The van der Waals surface area contributed by atoms with Crippen molar-refractivity contribution in [1.29, 1.82) is 0 Å². The van der Waals surface area contributed by atoms with Crippen molar-refractivity contribution in [2.45, 2.75) is 6.18 Å². The summed E-state index contributed by atoms with van der Waals surface area (Å²) in [5.74, 6) is 0.417. The lowest BCUT2D eigenvalue weighted by Gasteiger charge is -2.29. The van der Waals surface area contributed by atoms with Gasteiger partial charge in [0.2, 0.25) is 5.91 Å². The normalized spacial score (nSPS) is 14.4. The van der Waals surface area contributed by atoms with Crippen LogP contribution in [0.4, 0.5) is 19.0 Å². The van der Waals surface area contributed by atoms with Gasteiger partial charge in [0.1, 0.15) is 5.82 Å². The van der Waals surface area contributed by atoms with Crippen molar-refractivity contribution in [3.8, 4) is 22.9 Å². The van der Waals surface area contributed by atoms with Crippen LogP contribution in [0, 0.1) is 0 Å². The molecule has 0 spiro atoms. The standard InChI is InChI=1S/C22H21F3N4O4/c1-31-17-10-15-16(11-18(17)32-2)27-20(28-21(15)29-3-5-33-6-4-29)13-7-12(19(26)30)8-14(9-13)22(23,24)25/h7-11H,3-6H2,1-2H3,(H2,26,30). The van der Waals surface area contributed by atoms with Crippen LogP contribution in [0.15, 0.2) is 30.3 Å². The van der Waals surface area contributed by atoms with Gasteiger partial charge in [0.05, 0.1) is 38.5 Å². The first-order valence-corrected chi connectivity index (χ1v) is 10.00. The van der Waals surface area contributed by atoms with E-state index in [1.165, 1.54) is 20.3 Å². The Morgan fingerprint density at radius 2 is 1.70 bits per heavy atom. The average Bonchev–Trinajstić information content (AvgIpc) is 2.82. The van der Waals surface area contributed by atoms with Crippen molar-refractivity contribution >= 4 is 22.6 Å². The number of fused-ring (bicyclic) bond motifs is 1. The molecule has 3 aromatic rings. The highest BCUT2D eigenvalue weighted by Gasteiger charge is 2.32. The Morgan fingerprint density at radius 3 is 2.30 bits per heavy atom. The number of alkyl halides is 3. The fraction of sp³-hybridized carbons (Fsp3) is 0.318. The number of primary amides is 1. The number of ether oxygens (including phenoxy) is 3. The smallest absolute Gasteiger partial charge is 0.416 e. The maximum absolute atomic E-state index is 13.5. The van der Waals surface area contributed by atoms with Gasteiger partial charge >= 0.3 is 6.18 Å². The molecule has 1 amide bonds. The van der Waals surface area contributed by atoms with E-state index in [-0.39, 0.29) is 17.0 Å². The number of nitrogens with two attached hydrogens (primary N) is 1. The highest BCUT2D eigenvalue weighted by molar-refractivity contribution is 5.96. The quantitative estimate of drug-likeness (QED) is 0.621. The first kappa shape index (κ1) is 22.6. The minimum absolute atomic E-state index is 0.0183. The Hall–Kier alpha value is -3.60. The predicted molar refractivity (Wildman–Crippen MR) is 115 cm³/mol. The molecule has 1 saturated heterocycles. The van der Waals surface area contributed by atoms with Crippen LogP contribution < -0.4 is 20.1 Å². The Labute approximate surface area is 187 Å². The molecule has 1 aliphatic rings. The molecule has 11 heteroatoms. The molecule has 0 atom stereocenters. The van der Waals surface area contributed by atoms with Crippen LogP contribution in [0.25, 0.3) is 22.3 Å². The lowest BCUT2D eigenvalue weighted by Crippen LogP contribution is -2.37. The number of anilines is 1. The molecule has 1 aromatic heterocycles. The number of hydrogen-bond donors (Lipinski definition) is 1. The summed E-state index contributed by atoms with van der Waals surface area (Å²) in [6.45, 7) is 2.02. The summed E-state index contributed by atoms with van der Waals surface area (Å²) in [5.41, 5.74) is 4.44. The molecule has 1 fully saturated rings. The maximum atomic E-state index is 13.5. The SMILES string of the molecule is COc1cc2nc(-c3cc(C(N)=O)cc(C(F)(F)F)c3)nc(N3CCOCC3)c2cc1OC. The van der Waals surface area contributed by atoms with Crippen LogP contribution in [0.2, 0.25) is 0 Å². The van der Waals surface area contributed by atoms with Crippen molar-refractivity contribution in [3.63, 3.8) is 0 Å². The van der Waals surface area contributed by atoms with Crippen molar-refractivity contribution in [2.75, 3.05) is 45.4 Å². The van der Waals surface area contributed by atoms with Gasteiger partial charge in [-0.2, -0.15) is 13.2 Å². The number of aromatic nitrogens is 2. The molecular weight excluding hydrogens is 441 g/mol. The lowest BCUT2D eigenvalue weighted by atomic mass is 10.0. The summed E-state index contributed by atoms with van der Waals surface area (Å²) in [4.78, 5) is 22.7. The lowest BCUT2D eigenvalue weighted by molar-refractivity contribution is -0.137. The Kier molecular flexibility index (Phi) is 5.98. The minimum Gasteiger partial charge on any atom is -0.493 e. The van der Waals surface area contributed by atoms with Gasteiger partial charge in [-0.25, -0.2) is 9.97 Å². The monoisotopic (exact) mass is 462 g/mol. The molecule has 2 aromatic carbocycles. The summed E-state index contributed by atoms with van der Waals surface area (Å²) in [6, 6.07) is 6.22. The summed E-state index contributed by atoms with van der Waals surface area (Å²) in [6.07, 6.45) is -4.68. The van der Waals surface area contributed by atoms with Crippen molar-refractivity contribution in [3.05, 3.63) is 41.5 Å². The maximum Gasteiger partial charge on any atom is 0.416 e. The van der Waals surface area contributed by atoms with Gasteiger partial charge in [-0.1, -0.05) is 0 Å². The van der Waals surface area contributed by atoms with E-state index in [1.807, 2.05) is 4.90 Å². The molecule has 0 unspecified atom stereocenters. The molecule has 0 radical (unpaired) electrons. The van der Waals surface area contributed by atoms with Crippen molar-refractivity contribution in [1.82, 2.24) is 9.97 Å². The van der Waals surface area contributed by atoms with Gasteiger partial charge in [0.15, 0.2) is 17.3 Å². The van der Waals surface area contributed by atoms with Crippen molar-refractivity contribution in [2.24, 2.45) is 5.73 Å². The highest BCUT2D eigenvalue weighted by Crippen LogP contribution is 2.38. The Bertz CT molecular complexity index is 1210. The van der Waals surface area contributed by atoms with Crippen molar-refractivity contribution < 1.29 is 32.2 Å². The fourth-order valence-electron chi connectivity index (χ4n) is 3.65. The molecule has 2 N–H and O–H groups in total. The van der Waals surface area contributed by atoms with E-state index in [2.05, 4.69) is 9.97 Å². The van der Waals surface area contributed by atoms with Crippen LogP contribution in [0.3, 0.4) is 0 Å². The number of amides is 1. The van der Waals surface area contributed by atoms with Gasteiger partial charge in [-0.15, -0.1) is 0 Å². The molecule has 2 heterocycles.